The first-order valence-electron chi connectivity index (χ1n) is 6.70. The Kier molecular flexibility index (Phi) is 3.05. The molecule has 1 amide bonds. The maximum atomic E-state index is 11.3. The highest BCUT2D eigenvalue weighted by atomic mass is 16.5. The summed E-state index contributed by atoms with van der Waals surface area (Å²) in [5.41, 5.74) is 1.17. The van der Waals surface area contributed by atoms with Crippen molar-refractivity contribution in [3.05, 3.63) is 24.0 Å². The molecule has 102 valence electrons. The number of piperidine rings is 1. The molecule has 19 heavy (non-hydrogen) atoms. The average molecular weight is 262 g/mol. The summed E-state index contributed by atoms with van der Waals surface area (Å²) in [6.07, 6.45) is 6.51. The van der Waals surface area contributed by atoms with E-state index in [4.69, 9.17) is 4.74 Å². The molecule has 0 spiro atoms. The number of hydrogen-bond donors (Lipinski definition) is 1. The number of fused-ring (bicyclic) bond motifs is 2. The summed E-state index contributed by atoms with van der Waals surface area (Å²) in [6.45, 7) is 0. The zero-order valence-corrected chi connectivity index (χ0v) is 11.0. The molecule has 1 aromatic heterocycles. The first kappa shape index (κ1) is 12.3. The molecule has 5 nitrogen and oxygen atoms in total. The lowest BCUT2D eigenvalue weighted by Gasteiger charge is -2.37. The summed E-state index contributed by atoms with van der Waals surface area (Å²) in [7, 11) is 1.65. The average Bonchev–Trinajstić information content (AvgIpc) is 2.70. The Balaban J connectivity index is 1.85. The summed E-state index contributed by atoms with van der Waals surface area (Å²) < 4.78 is 5.37. The topological polar surface area (TPSA) is 62.7 Å². The standard InChI is InChI=1S/C14H18N2O3/c1-19-13-8-15-5-4-12(13)9-6-10-2-3-11(7-9)16(10)14(17)18/h4-5,8-11H,2-3,6-7H2,1H3,(H,17,18)/t9?,10-,11+. The Bertz CT molecular complexity index is 477. The van der Waals surface area contributed by atoms with Crippen LogP contribution in [0.1, 0.15) is 37.2 Å². The van der Waals surface area contributed by atoms with Gasteiger partial charge in [0.05, 0.1) is 13.3 Å². The van der Waals surface area contributed by atoms with Crippen molar-refractivity contribution in [3.63, 3.8) is 0 Å². The van der Waals surface area contributed by atoms with Gasteiger partial charge in [0, 0.05) is 23.8 Å². The number of ether oxygens (including phenoxy) is 1. The van der Waals surface area contributed by atoms with Gasteiger partial charge < -0.3 is 14.7 Å². The van der Waals surface area contributed by atoms with Crippen LogP contribution in [0.4, 0.5) is 4.79 Å². The highest BCUT2D eigenvalue weighted by Crippen LogP contribution is 2.44. The zero-order chi connectivity index (χ0) is 13.4. The van der Waals surface area contributed by atoms with E-state index in [1.165, 1.54) is 5.56 Å². The molecule has 0 radical (unpaired) electrons. The number of rotatable bonds is 2. The molecule has 0 aromatic carbocycles. The van der Waals surface area contributed by atoms with Crippen LogP contribution in [-0.2, 0) is 0 Å². The summed E-state index contributed by atoms with van der Waals surface area (Å²) in [5.74, 6) is 1.20. The number of carbonyl (C=O) groups is 1. The SMILES string of the molecule is COc1cnccc1C1C[C@H]2CC[C@@H](C1)N2C(=O)O. The van der Waals surface area contributed by atoms with Gasteiger partial charge in [-0.05, 0) is 37.7 Å². The lowest BCUT2D eigenvalue weighted by Crippen LogP contribution is -2.45. The lowest BCUT2D eigenvalue weighted by atomic mass is 9.85. The quantitative estimate of drug-likeness (QED) is 0.889. The van der Waals surface area contributed by atoms with E-state index in [0.29, 0.717) is 5.92 Å². The van der Waals surface area contributed by atoms with Crippen molar-refractivity contribution in [2.75, 3.05) is 7.11 Å². The number of hydrogen-bond acceptors (Lipinski definition) is 3. The third-order valence-electron chi connectivity index (χ3n) is 4.43. The monoisotopic (exact) mass is 262 g/mol. The number of nitrogens with zero attached hydrogens (tertiary/aromatic N) is 2. The van der Waals surface area contributed by atoms with Gasteiger partial charge in [0.2, 0.25) is 0 Å². The molecular weight excluding hydrogens is 244 g/mol. The van der Waals surface area contributed by atoms with E-state index in [2.05, 4.69) is 4.98 Å². The molecular formula is C14H18N2O3. The first-order valence-corrected chi connectivity index (χ1v) is 6.70. The molecule has 2 aliphatic heterocycles. The van der Waals surface area contributed by atoms with Crippen LogP contribution >= 0.6 is 0 Å². The van der Waals surface area contributed by atoms with Gasteiger partial charge in [0.1, 0.15) is 5.75 Å². The fourth-order valence-electron chi connectivity index (χ4n) is 3.64. The van der Waals surface area contributed by atoms with E-state index in [0.717, 1.165) is 31.4 Å². The Morgan fingerprint density at radius 1 is 1.42 bits per heavy atom. The minimum atomic E-state index is -0.771. The minimum Gasteiger partial charge on any atom is -0.495 e. The van der Waals surface area contributed by atoms with Gasteiger partial charge in [-0.1, -0.05) is 0 Å². The molecule has 3 heterocycles. The van der Waals surface area contributed by atoms with Crippen LogP contribution in [0.15, 0.2) is 18.5 Å². The molecule has 0 aliphatic carbocycles. The Labute approximate surface area is 112 Å². The molecule has 2 aliphatic rings. The Morgan fingerprint density at radius 3 is 2.68 bits per heavy atom. The molecule has 1 N–H and O–H groups in total. The Hall–Kier alpha value is -1.78. The highest BCUT2D eigenvalue weighted by Gasteiger charge is 2.44. The maximum absolute atomic E-state index is 11.3. The summed E-state index contributed by atoms with van der Waals surface area (Å²) in [6, 6.07) is 2.33. The third kappa shape index (κ3) is 2.03. The second-order valence-corrected chi connectivity index (χ2v) is 5.36. The first-order chi connectivity index (χ1) is 9.20. The predicted molar refractivity (Wildman–Crippen MR) is 69.4 cm³/mol. The van der Waals surface area contributed by atoms with Crippen molar-refractivity contribution < 1.29 is 14.6 Å². The number of carboxylic acid groups (broad SMARTS) is 1. The normalized spacial score (nSPS) is 29.3. The van der Waals surface area contributed by atoms with E-state index in [-0.39, 0.29) is 12.1 Å². The molecule has 2 saturated heterocycles. The fraction of sp³-hybridized carbons (Fsp3) is 0.571. The molecule has 0 saturated carbocycles. The van der Waals surface area contributed by atoms with E-state index in [1.807, 2.05) is 6.07 Å². The summed E-state index contributed by atoms with van der Waals surface area (Å²) in [4.78, 5) is 17.0. The summed E-state index contributed by atoms with van der Waals surface area (Å²) in [5, 5.41) is 9.27. The van der Waals surface area contributed by atoms with Crippen LogP contribution in [0.3, 0.4) is 0 Å². The van der Waals surface area contributed by atoms with E-state index < -0.39 is 6.09 Å². The number of methoxy groups -OCH3 is 1. The van der Waals surface area contributed by atoms with Gasteiger partial charge >= 0.3 is 6.09 Å². The van der Waals surface area contributed by atoms with Gasteiger partial charge in [0.25, 0.3) is 0 Å². The molecule has 5 heteroatoms. The van der Waals surface area contributed by atoms with Crippen molar-refractivity contribution >= 4 is 6.09 Å². The van der Waals surface area contributed by atoms with Gasteiger partial charge in [-0.15, -0.1) is 0 Å². The fourth-order valence-corrected chi connectivity index (χ4v) is 3.64. The largest absolute Gasteiger partial charge is 0.495 e. The van der Waals surface area contributed by atoms with Crippen LogP contribution in [0.5, 0.6) is 5.75 Å². The Morgan fingerprint density at radius 2 is 2.11 bits per heavy atom. The molecule has 3 rings (SSSR count). The van der Waals surface area contributed by atoms with Crippen LogP contribution in [-0.4, -0.2) is 40.3 Å². The van der Waals surface area contributed by atoms with E-state index in [1.54, 1.807) is 24.4 Å². The van der Waals surface area contributed by atoms with Crippen LogP contribution in [0.25, 0.3) is 0 Å². The van der Waals surface area contributed by atoms with Crippen LogP contribution in [0.2, 0.25) is 0 Å². The van der Waals surface area contributed by atoms with Crippen LogP contribution < -0.4 is 4.74 Å². The zero-order valence-electron chi connectivity index (χ0n) is 11.0. The van der Waals surface area contributed by atoms with Gasteiger partial charge in [0.15, 0.2) is 0 Å². The van der Waals surface area contributed by atoms with E-state index >= 15 is 0 Å². The second kappa shape index (κ2) is 4.72. The van der Waals surface area contributed by atoms with Crippen molar-refractivity contribution in [2.45, 2.75) is 43.7 Å². The van der Waals surface area contributed by atoms with E-state index in [9.17, 15) is 9.90 Å². The lowest BCUT2D eigenvalue weighted by molar-refractivity contribution is 0.0962. The van der Waals surface area contributed by atoms with Gasteiger partial charge in [-0.25, -0.2) is 4.79 Å². The van der Waals surface area contributed by atoms with Crippen LogP contribution in [0, 0.1) is 0 Å². The molecule has 2 bridgehead atoms. The van der Waals surface area contributed by atoms with Gasteiger partial charge in [-0.2, -0.15) is 0 Å². The number of pyridine rings is 1. The minimum absolute atomic E-state index is 0.166. The van der Waals surface area contributed by atoms with Crippen molar-refractivity contribution in [1.82, 2.24) is 9.88 Å². The van der Waals surface area contributed by atoms with Crippen molar-refractivity contribution in [3.8, 4) is 5.75 Å². The maximum Gasteiger partial charge on any atom is 0.407 e. The third-order valence-corrected chi connectivity index (χ3v) is 4.43. The highest BCUT2D eigenvalue weighted by molar-refractivity contribution is 5.66. The number of amides is 1. The smallest absolute Gasteiger partial charge is 0.407 e. The van der Waals surface area contributed by atoms with Crippen molar-refractivity contribution in [2.24, 2.45) is 0 Å². The summed E-state index contributed by atoms with van der Waals surface area (Å²) >= 11 is 0. The van der Waals surface area contributed by atoms with Gasteiger partial charge in [-0.3, -0.25) is 4.98 Å². The van der Waals surface area contributed by atoms with Crippen molar-refractivity contribution in [1.29, 1.82) is 0 Å². The molecule has 2 fully saturated rings. The second-order valence-electron chi connectivity index (χ2n) is 5.36. The number of aromatic nitrogens is 1. The molecule has 1 unspecified atom stereocenters. The predicted octanol–water partition coefficient (Wildman–Crippen LogP) is 2.48. The molecule has 1 aromatic rings. The molecule has 3 atom stereocenters.